The van der Waals surface area contributed by atoms with Crippen LogP contribution in [0.5, 0.6) is 5.75 Å². The number of carboxylic acids is 1. The molecule has 5 nitrogen and oxygen atoms in total. The summed E-state index contributed by atoms with van der Waals surface area (Å²) < 4.78 is 43.7. The Morgan fingerprint density at radius 3 is 2.59 bits per heavy atom. The molecule has 3 N–H and O–H groups in total. The number of thioether (sulfide) groups is 1. The largest absolute Gasteiger partial charge is 0.491 e. The van der Waals surface area contributed by atoms with E-state index in [9.17, 15) is 28.2 Å². The van der Waals surface area contributed by atoms with E-state index in [4.69, 9.17) is 9.84 Å². The lowest BCUT2D eigenvalue weighted by atomic mass is 9.97. The first-order valence-electron chi connectivity index (χ1n) is 11.2. The molecule has 4 atom stereocenters. The minimum atomic E-state index is -4.44. The number of hydrogen-bond donors (Lipinski definition) is 3. The van der Waals surface area contributed by atoms with Gasteiger partial charge >= 0.3 is 12.1 Å². The van der Waals surface area contributed by atoms with Crippen LogP contribution in [0.25, 0.3) is 0 Å². The first-order chi connectivity index (χ1) is 15.2. The van der Waals surface area contributed by atoms with E-state index in [-0.39, 0.29) is 36.0 Å². The van der Waals surface area contributed by atoms with Gasteiger partial charge in [0.2, 0.25) is 0 Å². The zero-order valence-corrected chi connectivity index (χ0v) is 18.9. The fraction of sp³-hybridized carbons (Fsp3) is 0.696. The van der Waals surface area contributed by atoms with Gasteiger partial charge in [0.25, 0.3) is 0 Å². The Kier molecular flexibility index (Phi) is 11.1. The Morgan fingerprint density at radius 2 is 1.88 bits per heavy atom. The van der Waals surface area contributed by atoms with Gasteiger partial charge in [-0.25, -0.2) is 0 Å². The SMILES string of the molecule is O=C(O)CCCCCCCC1C(O)CCC1SCC(O)COc1cccc(C(F)(F)F)c1. The highest BCUT2D eigenvalue weighted by Gasteiger charge is 2.35. The molecule has 1 aliphatic carbocycles. The molecule has 32 heavy (non-hydrogen) atoms. The third kappa shape index (κ3) is 9.58. The minimum absolute atomic E-state index is 0.0707. The number of alkyl halides is 3. The average Bonchev–Trinajstić information content (AvgIpc) is 3.09. The van der Waals surface area contributed by atoms with Crippen LogP contribution < -0.4 is 4.74 Å². The summed E-state index contributed by atoms with van der Waals surface area (Å²) in [6, 6.07) is 4.60. The number of aliphatic hydroxyl groups excluding tert-OH is 2. The van der Waals surface area contributed by atoms with Crippen molar-refractivity contribution in [2.24, 2.45) is 5.92 Å². The highest BCUT2D eigenvalue weighted by atomic mass is 32.2. The molecule has 1 saturated carbocycles. The smallest absolute Gasteiger partial charge is 0.416 e. The summed E-state index contributed by atoms with van der Waals surface area (Å²) in [7, 11) is 0. The van der Waals surface area contributed by atoms with Crippen molar-refractivity contribution >= 4 is 17.7 Å². The van der Waals surface area contributed by atoms with Crippen molar-refractivity contribution in [2.45, 2.75) is 81.4 Å². The third-order valence-electron chi connectivity index (χ3n) is 5.75. The van der Waals surface area contributed by atoms with Crippen molar-refractivity contribution in [3.05, 3.63) is 29.8 Å². The van der Waals surface area contributed by atoms with Gasteiger partial charge in [-0.05, 0) is 49.8 Å². The third-order valence-corrected chi connectivity index (χ3v) is 7.34. The maximum absolute atomic E-state index is 12.8. The van der Waals surface area contributed by atoms with Crippen LogP contribution >= 0.6 is 11.8 Å². The molecular formula is C23H33F3O5S. The zero-order valence-electron chi connectivity index (χ0n) is 18.1. The summed E-state index contributed by atoms with van der Waals surface area (Å²) in [5.41, 5.74) is -0.788. The summed E-state index contributed by atoms with van der Waals surface area (Å²) in [4.78, 5) is 10.5. The summed E-state index contributed by atoms with van der Waals surface area (Å²) in [5.74, 6) is -0.138. The number of benzene rings is 1. The fourth-order valence-corrected chi connectivity index (χ4v) is 5.45. The van der Waals surface area contributed by atoms with Gasteiger partial charge in [-0.1, -0.05) is 31.7 Å². The molecule has 0 amide bonds. The first-order valence-corrected chi connectivity index (χ1v) is 12.2. The zero-order chi connectivity index (χ0) is 23.6. The van der Waals surface area contributed by atoms with Crippen LogP contribution in [-0.4, -0.2) is 51.1 Å². The number of rotatable bonds is 14. The molecule has 9 heteroatoms. The highest BCUT2D eigenvalue weighted by molar-refractivity contribution is 7.99. The van der Waals surface area contributed by atoms with Crippen molar-refractivity contribution in [3.8, 4) is 5.75 Å². The van der Waals surface area contributed by atoms with Crippen molar-refractivity contribution < 1.29 is 38.0 Å². The Balaban J connectivity index is 1.67. The standard InChI is InChI=1S/C23H33F3O5S/c24-23(25,26)16-7-6-8-18(13-16)31-14-17(27)15-32-21-12-11-20(28)19(21)9-4-2-1-3-5-10-22(29)30/h6-8,13,17,19-21,27-28H,1-5,9-12,14-15H2,(H,29,30). The van der Waals surface area contributed by atoms with Crippen LogP contribution in [0, 0.1) is 5.92 Å². The van der Waals surface area contributed by atoms with Gasteiger partial charge in [0.05, 0.1) is 17.8 Å². The van der Waals surface area contributed by atoms with E-state index in [0.29, 0.717) is 12.2 Å². The maximum Gasteiger partial charge on any atom is 0.416 e. The topological polar surface area (TPSA) is 87.0 Å². The van der Waals surface area contributed by atoms with E-state index in [1.54, 1.807) is 11.8 Å². The number of ether oxygens (including phenoxy) is 1. The van der Waals surface area contributed by atoms with Crippen molar-refractivity contribution in [3.63, 3.8) is 0 Å². The molecule has 0 aromatic heterocycles. The molecule has 1 aromatic carbocycles. The average molecular weight is 479 g/mol. The van der Waals surface area contributed by atoms with Crippen LogP contribution in [0.1, 0.15) is 63.4 Å². The molecule has 0 saturated heterocycles. The number of unbranched alkanes of at least 4 members (excludes halogenated alkanes) is 4. The highest BCUT2D eigenvalue weighted by Crippen LogP contribution is 2.39. The summed E-state index contributed by atoms with van der Waals surface area (Å²) in [6.45, 7) is -0.0927. The molecule has 0 heterocycles. The van der Waals surface area contributed by atoms with Gasteiger partial charge in [-0.3, -0.25) is 4.79 Å². The van der Waals surface area contributed by atoms with Crippen LogP contribution in [0.2, 0.25) is 0 Å². The first kappa shape index (κ1) is 26.8. The van der Waals surface area contributed by atoms with E-state index in [1.807, 2.05) is 0 Å². The van der Waals surface area contributed by atoms with E-state index < -0.39 is 23.8 Å². The van der Waals surface area contributed by atoms with Gasteiger partial charge in [0, 0.05) is 17.4 Å². The number of aliphatic hydroxyl groups is 2. The number of carbonyl (C=O) groups is 1. The quantitative estimate of drug-likeness (QED) is 0.321. The lowest BCUT2D eigenvalue weighted by molar-refractivity contribution is -0.138. The molecule has 182 valence electrons. The maximum atomic E-state index is 12.8. The second-order valence-corrected chi connectivity index (χ2v) is 9.64. The molecule has 4 unspecified atom stereocenters. The van der Waals surface area contributed by atoms with Gasteiger partial charge in [-0.15, -0.1) is 0 Å². The van der Waals surface area contributed by atoms with Crippen LogP contribution in [0.4, 0.5) is 13.2 Å². The predicted octanol–water partition coefficient (Wildman–Crippen LogP) is 5.13. The second-order valence-electron chi connectivity index (χ2n) is 8.37. The van der Waals surface area contributed by atoms with E-state index in [2.05, 4.69) is 0 Å². The Labute approximate surface area is 191 Å². The van der Waals surface area contributed by atoms with E-state index in [1.165, 1.54) is 12.1 Å². The number of carboxylic acid groups (broad SMARTS) is 1. The molecule has 1 aliphatic rings. The molecule has 1 aromatic rings. The second kappa shape index (κ2) is 13.3. The van der Waals surface area contributed by atoms with Gasteiger partial charge in [-0.2, -0.15) is 24.9 Å². The monoisotopic (exact) mass is 478 g/mol. The number of halogens is 3. The van der Waals surface area contributed by atoms with E-state index >= 15 is 0 Å². The lowest BCUT2D eigenvalue weighted by Gasteiger charge is -2.23. The number of aliphatic carboxylic acids is 1. The summed E-state index contributed by atoms with van der Waals surface area (Å²) in [6.07, 6.45) is 1.67. The minimum Gasteiger partial charge on any atom is -0.491 e. The van der Waals surface area contributed by atoms with Crippen LogP contribution in [0.15, 0.2) is 24.3 Å². The Morgan fingerprint density at radius 1 is 1.16 bits per heavy atom. The molecule has 0 spiro atoms. The van der Waals surface area contributed by atoms with Gasteiger partial charge in [0.15, 0.2) is 0 Å². The summed E-state index contributed by atoms with van der Waals surface area (Å²) >= 11 is 1.59. The van der Waals surface area contributed by atoms with Gasteiger partial charge < -0.3 is 20.1 Å². The van der Waals surface area contributed by atoms with Crippen molar-refractivity contribution in [2.75, 3.05) is 12.4 Å². The van der Waals surface area contributed by atoms with Gasteiger partial charge in [0.1, 0.15) is 12.4 Å². The predicted molar refractivity (Wildman–Crippen MR) is 118 cm³/mol. The molecule has 2 rings (SSSR count). The van der Waals surface area contributed by atoms with Crippen LogP contribution in [-0.2, 0) is 11.0 Å². The van der Waals surface area contributed by atoms with Crippen molar-refractivity contribution in [1.29, 1.82) is 0 Å². The Bertz CT molecular complexity index is 700. The molecule has 0 radical (unpaired) electrons. The van der Waals surface area contributed by atoms with E-state index in [0.717, 1.165) is 57.1 Å². The number of hydrogen-bond acceptors (Lipinski definition) is 5. The fourth-order valence-electron chi connectivity index (χ4n) is 4.02. The molecule has 0 bridgehead atoms. The van der Waals surface area contributed by atoms with Crippen molar-refractivity contribution in [1.82, 2.24) is 0 Å². The molecular weight excluding hydrogens is 445 g/mol. The lowest BCUT2D eigenvalue weighted by Crippen LogP contribution is -2.25. The molecule has 0 aliphatic heterocycles. The Hall–Kier alpha value is -1.45. The molecule has 1 fully saturated rings. The normalized spacial score (nSPS) is 22.1. The summed E-state index contributed by atoms with van der Waals surface area (Å²) in [5, 5.41) is 29.4. The van der Waals surface area contributed by atoms with Crippen LogP contribution in [0.3, 0.4) is 0 Å².